The summed E-state index contributed by atoms with van der Waals surface area (Å²) in [5.74, 6) is -0.841. The van der Waals surface area contributed by atoms with Gasteiger partial charge in [0.2, 0.25) is 0 Å². The third kappa shape index (κ3) is 3.35. The summed E-state index contributed by atoms with van der Waals surface area (Å²) < 4.78 is 38.8. The van der Waals surface area contributed by atoms with Crippen LogP contribution in [-0.4, -0.2) is 11.4 Å². The van der Waals surface area contributed by atoms with E-state index in [0.717, 1.165) is 31.4 Å². The molecule has 1 amide bonds. The van der Waals surface area contributed by atoms with Gasteiger partial charge in [-0.2, -0.15) is 18.4 Å². The van der Waals surface area contributed by atoms with E-state index in [2.05, 4.69) is 11.4 Å². The van der Waals surface area contributed by atoms with E-state index in [1.165, 1.54) is 12.1 Å². The minimum absolute atomic E-state index is 0.440. The van der Waals surface area contributed by atoms with E-state index >= 15 is 0 Å². The van der Waals surface area contributed by atoms with Crippen LogP contribution in [0.4, 0.5) is 13.2 Å². The van der Waals surface area contributed by atoms with Gasteiger partial charge in [-0.1, -0.05) is 31.4 Å². The maximum absolute atomic E-state index is 12.9. The number of halogens is 3. The number of nitrogens with zero attached hydrogens (tertiary/aromatic N) is 1. The van der Waals surface area contributed by atoms with Crippen LogP contribution in [0.2, 0.25) is 0 Å². The number of nitrogens with one attached hydrogen (secondary N) is 1. The second-order valence-electron chi connectivity index (χ2n) is 5.25. The molecule has 0 spiro atoms. The number of rotatable bonds is 2. The van der Waals surface area contributed by atoms with E-state index in [1.807, 2.05) is 0 Å². The fourth-order valence-electron chi connectivity index (χ4n) is 2.63. The highest BCUT2D eigenvalue weighted by Gasteiger charge is 2.38. The Hall–Kier alpha value is -2.03. The van der Waals surface area contributed by atoms with Crippen molar-refractivity contribution in [2.24, 2.45) is 0 Å². The number of nitriles is 1. The number of carbonyl (C=O) groups is 1. The second kappa shape index (κ2) is 5.76. The molecule has 1 fully saturated rings. The van der Waals surface area contributed by atoms with Crippen molar-refractivity contribution in [3.8, 4) is 6.07 Å². The van der Waals surface area contributed by atoms with E-state index in [4.69, 9.17) is 0 Å². The lowest BCUT2D eigenvalue weighted by Gasteiger charge is -2.31. The summed E-state index contributed by atoms with van der Waals surface area (Å²) in [6.07, 6.45) is -1.10. The van der Waals surface area contributed by atoms with Gasteiger partial charge in [0.15, 0.2) is 0 Å². The maximum atomic E-state index is 12.9. The van der Waals surface area contributed by atoms with Crippen LogP contribution in [-0.2, 0) is 6.18 Å². The molecular formula is C15H15F3N2O. The molecule has 1 aromatic rings. The van der Waals surface area contributed by atoms with Crippen molar-refractivity contribution in [2.75, 3.05) is 0 Å². The normalized spacial score (nSPS) is 17.8. The number of carbonyl (C=O) groups excluding carboxylic acids is 1. The number of hydrogen-bond donors (Lipinski definition) is 1. The van der Waals surface area contributed by atoms with Gasteiger partial charge < -0.3 is 5.32 Å². The third-order valence-electron chi connectivity index (χ3n) is 3.75. The molecule has 1 aliphatic rings. The lowest BCUT2D eigenvalue weighted by Crippen LogP contribution is -2.49. The first-order valence-electron chi connectivity index (χ1n) is 6.78. The zero-order valence-electron chi connectivity index (χ0n) is 11.3. The highest BCUT2D eigenvalue weighted by Crippen LogP contribution is 2.33. The van der Waals surface area contributed by atoms with Gasteiger partial charge in [0.1, 0.15) is 5.54 Å². The molecule has 1 aromatic carbocycles. The quantitative estimate of drug-likeness (QED) is 0.905. The van der Waals surface area contributed by atoms with Crippen molar-refractivity contribution in [2.45, 2.75) is 43.8 Å². The molecule has 0 aromatic heterocycles. The molecule has 0 aliphatic heterocycles. The van der Waals surface area contributed by atoms with Crippen molar-refractivity contribution in [1.82, 2.24) is 5.32 Å². The van der Waals surface area contributed by atoms with Crippen LogP contribution in [0.15, 0.2) is 24.3 Å². The van der Waals surface area contributed by atoms with Crippen LogP contribution in [0.1, 0.15) is 48.0 Å². The van der Waals surface area contributed by atoms with Crippen LogP contribution in [0.5, 0.6) is 0 Å². The van der Waals surface area contributed by atoms with Gasteiger partial charge in [0.05, 0.1) is 17.2 Å². The van der Waals surface area contributed by atoms with Crippen LogP contribution in [0.3, 0.4) is 0 Å². The van der Waals surface area contributed by atoms with Crippen molar-refractivity contribution in [3.05, 3.63) is 35.4 Å². The Morgan fingerprint density at radius 3 is 2.38 bits per heavy atom. The van der Waals surface area contributed by atoms with E-state index in [-0.39, 0.29) is 0 Å². The zero-order chi connectivity index (χ0) is 15.5. The maximum Gasteiger partial charge on any atom is 0.417 e. The fraction of sp³-hybridized carbons (Fsp3) is 0.467. The fourth-order valence-corrected chi connectivity index (χ4v) is 2.63. The first-order chi connectivity index (χ1) is 9.88. The summed E-state index contributed by atoms with van der Waals surface area (Å²) in [4.78, 5) is 12.2. The van der Waals surface area contributed by atoms with Crippen molar-refractivity contribution >= 4 is 5.91 Å². The first kappa shape index (κ1) is 15.4. The van der Waals surface area contributed by atoms with E-state index in [9.17, 15) is 23.2 Å². The van der Waals surface area contributed by atoms with Crippen molar-refractivity contribution < 1.29 is 18.0 Å². The molecule has 0 saturated heterocycles. The summed E-state index contributed by atoms with van der Waals surface area (Å²) in [5.41, 5.74) is -2.47. The highest BCUT2D eigenvalue weighted by atomic mass is 19.4. The average Bonchev–Trinajstić information content (AvgIpc) is 2.47. The Kier molecular flexibility index (Phi) is 4.21. The van der Waals surface area contributed by atoms with Gasteiger partial charge in [-0.3, -0.25) is 4.79 Å². The zero-order valence-corrected chi connectivity index (χ0v) is 11.3. The SMILES string of the molecule is N#CC1(NC(=O)c2ccccc2C(F)(F)F)CCCCC1. The monoisotopic (exact) mass is 296 g/mol. The van der Waals surface area contributed by atoms with Crippen molar-refractivity contribution in [1.29, 1.82) is 5.26 Å². The van der Waals surface area contributed by atoms with E-state index in [0.29, 0.717) is 12.8 Å². The highest BCUT2D eigenvalue weighted by molar-refractivity contribution is 5.96. The number of amides is 1. The molecule has 0 atom stereocenters. The first-order valence-corrected chi connectivity index (χ1v) is 6.78. The van der Waals surface area contributed by atoms with Crippen LogP contribution in [0, 0.1) is 11.3 Å². The Balaban J connectivity index is 2.27. The molecule has 1 saturated carbocycles. The van der Waals surface area contributed by atoms with E-state index < -0.39 is 28.7 Å². The third-order valence-corrected chi connectivity index (χ3v) is 3.75. The Bertz CT molecular complexity index is 569. The summed E-state index contributed by atoms with van der Waals surface area (Å²) in [5, 5.41) is 11.8. The molecule has 0 heterocycles. The number of alkyl halides is 3. The van der Waals surface area contributed by atoms with Crippen molar-refractivity contribution in [3.63, 3.8) is 0 Å². The molecular weight excluding hydrogens is 281 g/mol. The Labute approximate surface area is 120 Å². The van der Waals surface area contributed by atoms with Gasteiger partial charge in [-0.05, 0) is 25.0 Å². The lowest BCUT2D eigenvalue weighted by atomic mass is 9.82. The molecule has 2 rings (SSSR count). The van der Waals surface area contributed by atoms with Crippen LogP contribution < -0.4 is 5.32 Å². The number of benzene rings is 1. The Morgan fingerprint density at radius 1 is 1.19 bits per heavy atom. The lowest BCUT2D eigenvalue weighted by molar-refractivity contribution is -0.137. The molecule has 0 radical (unpaired) electrons. The molecule has 1 N–H and O–H groups in total. The molecule has 112 valence electrons. The minimum Gasteiger partial charge on any atom is -0.334 e. The van der Waals surface area contributed by atoms with Gasteiger partial charge in [0.25, 0.3) is 5.91 Å². The second-order valence-corrected chi connectivity index (χ2v) is 5.25. The topological polar surface area (TPSA) is 52.9 Å². The summed E-state index contributed by atoms with van der Waals surface area (Å²) in [6.45, 7) is 0. The average molecular weight is 296 g/mol. The molecule has 3 nitrogen and oxygen atoms in total. The van der Waals surface area contributed by atoms with Gasteiger partial charge in [-0.15, -0.1) is 0 Å². The van der Waals surface area contributed by atoms with Crippen LogP contribution >= 0.6 is 0 Å². The smallest absolute Gasteiger partial charge is 0.334 e. The molecule has 6 heteroatoms. The molecule has 0 bridgehead atoms. The van der Waals surface area contributed by atoms with E-state index in [1.54, 1.807) is 0 Å². The molecule has 0 unspecified atom stereocenters. The predicted molar refractivity (Wildman–Crippen MR) is 70.3 cm³/mol. The largest absolute Gasteiger partial charge is 0.417 e. The molecule has 21 heavy (non-hydrogen) atoms. The van der Waals surface area contributed by atoms with Gasteiger partial charge in [0, 0.05) is 0 Å². The minimum atomic E-state index is -4.60. The molecule has 1 aliphatic carbocycles. The predicted octanol–water partition coefficient (Wildman–Crippen LogP) is 3.66. The summed E-state index contributed by atoms with van der Waals surface area (Å²) in [6, 6.07) is 6.68. The Morgan fingerprint density at radius 2 is 1.81 bits per heavy atom. The van der Waals surface area contributed by atoms with Gasteiger partial charge in [-0.25, -0.2) is 0 Å². The summed E-state index contributed by atoms with van der Waals surface area (Å²) >= 11 is 0. The standard InChI is InChI=1S/C15H15F3N2O/c16-15(17,18)12-7-3-2-6-11(12)13(21)20-14(10-19)8-4-1-5-9-14/h2-3,6-7H,1,4-5,8-9H2,(H,20,21). The van der Waals surface area contributed by atoms with Crippen LogP contribution in [0.25, 0.3) is 0 Å². The summed E-state index contributed by atoms with van der Waals surface area (Å²) in [7, 11) is 0. The number of hydrogen-bond acceptors (Lipinski definition) is 2. The van der Waals surface area contributed by atoms with Gasteiger partial charge >= 0.3 is 6.18 Å².